The molecule has 2 nitrogen and oxygen atoms in total. The van der Waals surface area contributed by atoms with Crippen LogP contribution < -0.4 is 10.1 Å². The smallest absolute Gasteiger partial charge is 0.126 e. The van der Waals surface area contributed by atoms with Gasteiger partial charge in [-0.05, 0) is 48.2 Å². The maximum Gasteiger partial charge on any atom is 0.126 e. The largest absolute Gasteiger partial charge is 0.497 e. The van der Waals surface area contributed by atoms with Crippen LogP contribution in [0.15, 0.2) is 42.5 Å². The lowest BCUT2D eigenvalue weighted by Gasteiger charge is -2.18. The Bertz CT molecular complexity index is 580. The molecule has 0 saturated heterocycles. The molecule has 112 valence electrons. The molecule has 0 bridgehead atoms. The number of halogens is 1. The standard InChI is InChI=1S/C18H22FNO/c1-4-18(15-7-9-16(21-3)10-8-15)20-12-14-6-5-13(2)17(19)11-14/h5-11,18,20H,4,12H2,1-3H3. The third-order valence-corrected chi connectivity index (χ3v) is 3.72. The molecule has 0 aromatic heterocycles. The lowest BCUT2D eigenvalue weighted by atomic mass is 10.0. The third-order valence-electron chi connectivity index (χ3n) is 3.72. The van der Waals surface area contributed by atoms with Gasteiger partial charge >= 0.3 is 0 Å². The van der Waals surface area contributed by atoms with Gasteiger partial charge in [-0.3, -0.25) is 0 Å². The average Bonchev–Trinajstić information content (AvgIpc) is 2.52. The quantitative estimate of drug-likeness (QED) is 0.851. The van der Waals surface area contributed by atoms with E-state index in [4.69, 9.17) is 4.74 Å². The van der Waals surface area contributed by atoms with Gasteiger partial charge in [0.1, 0.15) is 11.6 Å². The summed E-state index contributed by atoms with van der Waals surface area (Å²) in [6.07, 6.45) is 0.973. The summed E-state index contributed by atoms with van der Waals surface area (Å²) in [5, 5.41) is 3.48. The molecule has 0 radical (unpaired) electrons. The van der Waals surface area contributed by atoms with Gasteiger partial charge in [0.15, 0.2) is 0 Å². The van der Waals surface area contributed by atoms with E-state index in [0.717, 1.165) is 17.7 Å². The second-order valence-corrected chi connectivity index (χ2v) is 5.20. The summed E-state index contributed by atoms with van der Waals surface area (Å²) in [4.78, 5) is 0. The summed E-state index contributed by atoms with van der Waals surface area (Å²) in [5.41, 5.74) is 2.86. The molecule has 2 aromatic carbocycles. The molecule has 0 aliphatic carbocycles. The Morgan fingerprint density at radius 3 is 2.43 bits per heavy atom. The van der Waals surface area contributed by atoms with Crippen molar-refractivity contribution in [3.05, 3.63) is 65.0 Å². The predicted octanol–water partition coefficient (Wildman–Crippen LogP) is 4.38. The molecule has 1 N–H and O–H groups in total. The van der Waals surface area contributed by atoms with Crippen molar-refractivity contribution in [2.24, 2.45) is 0 Å². The van der Waals surface area contributed by atoms with Gasteiger partial charge in [0.2, 0.25) is 0 Å². The van der Waals surface area contributed by atoms with Crippen LogP contribution in [-0.2, 0) is 6.54 Å². The minimum absolute atomic E-state index is 0.146. The molecule has 0 heterocycles. The van der Waals surface area contributed by atoms with Crippen LogP contribution in [0.3, 0.4) is 0 Å². The molecule has 3 heteroatoms. The van der Waals surface area contributed by atoms with E-state index in [-0.39, 0.29) is 11.9 Å². The minimum Gasteiger partial charge on any atom is -0.497 e. The van der Waals surface area contributed by atoms with Crippen LogP contribution in [0, 0.1) is 12.7 Å². The molecule has 2 rings (SSSR count). The maximum absolute atomic E-state index is 13.6. The monoisotopic (exact) mass is 287 g/mol. The average molecular weight is 287 g/mol. The fourth-order valence-electron chi connectivity index (χ4n) is 2.32. The van der Waals surface area contributed by atoms with Crippen LogP contribution in [0.1, 0.15) is 36.1 Å². The first-order valence-corrected chi connectivity index (χ1v) is 7.26. The molecule has 2 aromatic rings. The van der Waals surface area contributed by atoms with E-state index in [2.05, 4.69) is 24.4 Å². The molecule has 0 amide bonds. The fraction of sp³-hybridized carbons (Fsp3) is 0.333. The summed E-state index contributed by atoms with van der Waals surface area (Å²) in [5.74, 6) is 0.709. The Balaban J connectivity index is 2.02. The van der Waals surface area contributed by atoms with Gasteiger partial charge < -0.3 is 10.1 Å². The second kappa shape index (κ2) is 7.23. The predicted molar refractivity (Wildman–Crippen MR) is 84.0 cm³/mol. The number of aryl methyl sites for hydroxylation is 1. The van der Waals surface area contributed by atoms with Crippen molar-refractivity contribution >= 4 is 0 Å². The Morgan fingerprint density at radius 1 is 1.14 bits per heavy atom. The number of hydrogen-bond acceptors (Lipinski definition) is 2. The van der Waals surface area contributed by atoms with E-state index < -0.39 is 0 Å². The normalized spacial score (nSPS) is 12.2. The van der Waals surface area contributed by atoms with Crippen LogP contribution in [0.4, 0.5) is 4.39 Å². The minimum atomic E-state index is -0.146. The van der Waals surface area contributed by atoms with Crippen LogP contribution in [-0.4, -0.2) is 7.11 Å². The van der Waals surface area contributed by atoms with Crippen LogP contribution in [0.2, 0.25) is 0 Å². The summed E-state index contributed by atoms with van der Waals surface area (Å²) < 4.78 is 18.7. The fourth-order valence-corrected chi connectivity index (χ4v) is 2.32. The van der Waals surface area contributed by atoms with E-state index in [9.17, 15) is 4.39 Å². The Hall–Kier alpha value is -1.87. The topological polar surface area (TPSA) is 21.3 Å². The molecule has 21 heavy (non-hydrogen) atoms. The van der Waals surface area contributed by atoms with Crippen molar-refractivity contribution in [3.63, 3.8) is 0 Å². The zero-order valence-electron chi connectivity index (χ0n) is 12.8. The SMILES string of the molecule is CCC(NCc1ccc(C)c(F)c1)c1ccc(OC)cc1. The highest BCUT2D eigenvalue weighted by molar-refractivity contribution is 5.29. The van der Waals surface area contributed by atoms with Gasteiger partial charge in [-0.1, -0.05) is 31.2 Å². The number of ether oxygens (including phenoxy) is 1. The molecule has 0 spiro atoms. The summed E-state index contributed by atoms with van der Waals surface area (Å²) in [7, 11) is 1.66. The molecule has 1 unspecified atom stereocenters. The molecular formula is C18H22FNO. The number of rotatable bonds is 6. The van der Waals surface area contributed by atoms with E-state index >= 15 is 0 Å². The molecule has 0 aliphatic heterocycles. The lowest BCUT2D eigenvalue weighted by molar-refractivity contribution is 0.414. The first-order valence-electron chi connectivity index (χ1n) is 7.26. The summed E-state index contributed by atoms with van der Waals surface area (Å²) >= 11 is 0. The number of methoxy groups -OCH3 is 1. The van der Waals surface area contributed by atoms with Crippen LogP contribution in [0.5, 0.6) is 5.75 Å². The summed E-state index contributed by atoms with van der Waals surface area (Å²) in [6.45, 7) is 4.57. The highest BCUT2D eigenvalue weighted by Crippen LogP contribution is 2.20. The van der Waals surface area contributed by atoms with Crippen LogP contribution in [0.25, 0.3) is 0 Å². The van der Waals surface area contributed by atoms with Crippen molar-refractivity contribution in [1.82, 2.24) is 5.32 Å². The second-order valence-electron chi connectivity index (χ2n) is 5.20. The lowest BCUT2D eigenvalue weighted by Crippen LogP contribution is -2.20. The highest BCUT2D eigenvalue weighted by Gasteiger charge is 2.09. The zero-order valence-corrected chi connectivity index (χ0v) is 12.8. The number of nitrogens with one attached hydrogen (secondary N) is 1. The molecule has 1 atom stereocenters. The number of hydrogen-bond donors (Lipinski definition) is 1. The summed E-state index contributed by atoms with van der Waals surface area (Å²) in [6, 6.07) is 13.7. The highest BCUT2D eigenvalue weighted by atomic mass is 19.1. The maximum atomic E-state index is 13.6. The van der Waals surface area contributed by atoms with Gasteiger partial charge in [-0.2, -0.15) is 0 Å². The molecule has 0 aliphatic rings. The van der Waals surface area contributed by atoms with Crippen molar-refractivity contribution < 1.29 is 9.13 Å². The van der Waals surface area contributed by atoms with Gasteiger partial charge in [0.25, 0.3) is 0 Å². The van der Waals surface area contributed by atoms with E-state index in [1.807, 2.05) is 24.3 Å². The zero-order chi connectivity index (χ0) is 15.2. The molecule has 0 fully saturated rings. The number of benzene rings is 2. The van der Waals surface area contributed by atoms with Gasteiger partial charge in [-0.15, -0.1) is 0 Å². The van der Waals surface area contributed by atoms with Crippen molar-refractivity contribution in [3.8, 4) is 5.75 Å². The van der Waals surface area contributed by atoms with E-state index in [1.165, 1.54) is 5.56 Å². The Labute approximate surface area is 126 Å². The van der Waals surface area contributed by atoms with Gasteiger partial charge in [-0.25, -0.2) is 4.39 Å². The first-order chi connectivity index (χ1) is 10.1. The third kappa shape index (κ3) is 4.05. The molecular weight excluding hydrogens is 265 g/mol. The van der Waals surface area contributed by atoms with Crippen molar-refractivity contribution in [1.29, 1.82) is 0 Å². The van der Waals surface area contributed by atoms with Crippen molar-refractivity contribution in [2.45, 2.75) is 32.9 Å². The van der Waals surface area contributed by atoms with E-state index in [0.29, 0.717) is 12.1 Å². The van der Waals surface area contributed by atoms with Crippen molar-refractivity contribution in [2.75, 3.05) is 7.11 Å². The first kappa shape index (κ1) is 15.5. The Kier molecular flexibility index (Phi) is 5.34. The molecule has 0 saturated carbocycles. The van der Waals surface area contributed by atoms with Gasteiger partial charge in [0.05, 0.1) is 7.11 Å². The van der Waals surface area contributed by atoms with Crippen LogP contribution >= 0.6 is 0 Å². The van der Waals surface area contributed by atoms with E-state index in [1.54, 1.807) is 20.1 Å². The Morgan fingerprint density at radius 2 is 1.86 bits per heavy atom. The van der Waals surface area contributed by atoms with Gasteiger partial charge in [0, 0.05) is 12.6 Å².